The third-order valence-corrected chi connectivity index (χ3v) is 6.91. The summed E-state index contributed by atoms with van der Waals surface area (Å²) in [6, 6.07) is 4.69. The summed E-state index contributed by atoms with van der Waals surface area (Å²) in [4.78, 5) is 20.4. The lowest BCUT2D eigenvalue weighted by Crippen LogP contribution is -2.29. The lowest BCUT2D eigenvalue weighted by molar-refractivity contribution is 0.531. The monoisotopic (exact) mass is 424 g/mol. The molecule has 5 nitrogen and oxygen atoms in total. The summed E-state index contributed by atoms with van der Waals surface area (Å²) in [5.74, 6) is 1.57. The summed E-state index contributed by atoms with van der Waals surface area (Å²) >= 11 is 1.91. The topological polar surface area (TPSA) is 69.8 Å². The molecule has 2 aliphatic rings. The molecule has 1 aromatic carbocycles. The van der Waals surface area contributed by atoms with E-state index in [4.69, 9.17) is 4.98 Å². The predicted molar refractivity (Wildman–Crippen MR) is 124 cm³/mol. The van der Waals surface area contributed by atoms with Crippen molar-refractivity contribution in [1.82, 2.24) is 15.3 Å². The van der Waals surface area contributed by atoms with Gasteiger partial charge in [-0.2, -0.15) is 11.8 Å². The maximum absolute atomic E-state index is 12.6. The first-order chi connectivity index (χ1) is 12.7. The number of nitrogens with one attached hydrogen (secondary N) is 3. The molecule has 0 radical (unpaired) electrons. The van der Waals surface area contributed by atoms with Crippen molar-refractivity contribution >= 4 is 40.8 Å². The number of nitrogens with zero attached hydrogens (tertiary/aromatic N) is 1. The molecule has 7 heteroatoms. The van der Waals surface area contributed by atoms with E-state index in [2.05, 4.69) is 27.8 Å². The van der Waals surface area contributed by atoms with E-state index >= 15 is 0 Å². The molecule has 1 saturated carbocycles. The molecule has 2 aromatic rings. The van der Waals surface area contributed by atoms with Gasteiger partial charge in [0, 0.05) is 17.0 Å². The molecule has 4 rings (SSSR count). The summed E-state index contributed by atoms with van der Waals surface area (Å²) in [5.41, 5.74) is 2.89. The molecule has 0 amide bonds. The van der Waals surface area contributed by atoms with Gasteiger partial charge in [0.2, 0.25) is 0 Å². The summed E-state index contributed by atoms with van der Waals surface area (Å²) in [5, 5.41) is 8.41. The molecular formula is C21H33ClN4OS. The summed E-state index contributed by atoms with van der Waals surface area (Å²) in [6.07, 6.45) is 7.46. The van der Waals surface area contributed by atoms with Crippen molar-refractivity contribution in [3.63, 3.8) is 0 Å². The number of aromatic nitrogens is 2. The number of halogens is 1. The molecule has 3 N–H and O–H groups in total. The van der Waals surface area contributed by atoms with Crippen LogP contribution in [0.15, 0.2) is 16.9 Å². The lowest BCUT2D eigenvalue weighted by atomic mass is 10.1. The zero-order valence-electron chi connectivity index (χ0n) is 15.8. The number of thioether (sulfide) groups is 1. The highest BCUT2D eigenvalue weighted by Gasteiger charge is 2.17. The van der Waals surface area contributed by atoms with Gasteiger partial charge < -0.3 is 15.6 Å². The van der Waals surface area contributed by atoms with Gasteiger partial charge in [0.25, 0.3) is 5.56 Å². The van der Waals surface area contributed by atoms with Gasteiger partial charge in [-0.15, -0.1) is 12.4 Å². The number of hydrogen-bond acceptors (Lipinski definition) is 5. The van der Waals surface area contributed by atoms with Crippen molar-refractivity contribution in [2.45, 2.75) is 69.9 Å². The molecule has 156 valence electrons. The van der Waals surface area contributed by atoms with Gasteiger partial charge in [0.1, 0.15) is 5.82 Å². The zero-order chi connectivity index (χ0) is 17.9. The first-order valence-electron chi connectivity index (χ1n) is 9.81. The van der Waals surface area contributed by atoms with E-state index in [1.54, 1.807) is 0 Å². The quantitative estimate of drug-likeness (QED) is 0.652. The van der Waals surface area contributed by atoms with E-state index in [9.17, 15) is 4.79 Å². The fraction of sp³-hybridized carbons (Fsp3) is 0.619. The Morgan fingerprint density at radius 1 is 1.18 bits per heavy atom. The molecule has 28 heavy (non-hydrogen) atoms. The Morgan fingerprint density at radius 2 is 1.89 bits per heavy atom. The maximum atomic E-state index is 12.6. The minimum absolute atomic E-state index is 0. The predicted octanol–water partition coefficient (Wildman–Crippen LogP) is 4.63. The highest BCUT2D eigenvalue weighted by atomic mass is 35.5. The van der Waals surface area contributed by atoms with Crippen molar-refractivity contribution in [2.24, 2.45) is 0 Å². The van der Waals surface area contributed by atoms with Crippen LogP contribution in [0, 0.1) is 6.92 Å². The van der Waals surface area contributed by atoms with Crippen molar-refractivity contribution in [3.05, 3.63) is 33.9 Å². The van der Waals surface area contributed by atoms with E-state index in [1.807, 2.05) is 18.7 Å². The second kappa shape index (κ2) is 10.5. The first kappa shape index (κ1) is 23.0. The van der Waals surface area contributed by atoms with Gasteiger partial charge >= 0.3 is 0 Å². The lowest BCUT2D eigenvalue weighted by Gasteiger charge is -2.21. The number of aryl methyl sites for hydroxylation is 1. The van der Waals surface area contributed by atoms with Gasteiger partial charge in [-0.25, -0.2) is 4.98 Å². The molecular weight excluding hydrogens is 392 g/mol. The van der Waals surface area contributed by atoms with Gasteiger partial charge in [-0.1, -0.05) is 20.3 Å². The largest absolute Gasteiger partial charge is 0.382 e. The molecule has 2 heterocycles. The number of H-pyrrole nitrogens is 1. The second-order valence-corrected chi connectivity index (χ2v) is 8.87. The fourth-order valence-corrected chi connectivity index (χ4v) is 5.23. The van der Waals surface area contributed by atoms with Crippen LogP contribution in [0.5, 0.6) is 0 Å². The van der Waals surface area contributed by atoms with Crippen molar-refractivity contribution < 1.29 is 0 Å². The summed E-state index contributed by atoms with van der Waals surface area (Å²) in [6.45, 7) is 4.19. The zero-order valence-corrected chi connectivity index (χ0v) is 17.5. The first-order valence-corrected chi connectivity index (χ1v) is 10.9. The molecule has 0 spiro atoms. The molecule has 1 aliphatic carbocycles. The fourth-order valence-electron chi connectivity index (χ4n) is 4.14. The molecule has 1 saturated heterocycles. The molecule has 1 aromatic heterocycles. The second-order valence-electron chi connectivity index (χ2n) is 7.59. The third-order valence-electron chi connectivity index (χ3n) is 5.52. The van der Waals surface area contributed by atoms with E-state index in [-0.39, 0.29) is 25.4 Å². The van der Waals surface area contributed by atoms with Gasteiger partial charge in [0.15, 0.2) is 0 Å². The minimum Gasteiger partial charge on any atom is -0.382 e. The van der Waals surface area contributed by atoms with Crippen molar-refractivity contribution in [3.8, 4) is 0 Å². The Balaban J connectivity index is 0.00000140. The van der Waals surface area contributed by atoms with Gasteiger partial charge in [0.05, 0.1) is 16.7 Å². The van der Waals surface area contributed by atoms with E-state index in [1.165, 1.54) is 38.5 Å². The molecule has 0 bridgehead atoms. The molecule has 0 atom stereocenters. The van der Waals surface area contributed by atoms with Gasteiger partial charge in [-0.3, -0.25) is 4.79 Å². The normalized spacial score (nSPS) is 17.9. The Kier molecular flexibility index (Phi) is 8.65. The average Bonchev–Trinajstić information content (AvgIpc) is 3.13. The van der Waals surface area contributed by atoms with Crippen molar-refractivity contribution in [1.29, 1.82) is 0 Å². The van der Waals surface area contributed by atoms with Crippen LogP contribution in [0.25, 0.3) is 10.9 Å². The number of anilines is 1. The van der Waals surface area contributed by atoms with Crippen LogP contribution < -0.4 is 16.2 Å². The van der Waals surface area contributed by atoms with E-state index in [0.29, 0.717) is 11.3 Å². The summed E-state index contributed by atoms with van der Waals surface area (Å²) in [7, 11) is 0. The van der Waals surface area contributed by atoms with Gasteiger partial charge in [-0.05, 0) is 63.4 Å². The number of piperidine rings is 1. The number of benzene rings is 1. The minimum atomic E-state index is -0.0131. The van der Waals surface area contributed by atoms with Crippen LogP contribution in [0.1, 0.15) is 57.3 Å². The molecule has 1 aliphatic heterocycles. The SMILES string of the molecule is C.Cc1cc(NC2CCCC2)cc2nc(CSC3CCNCC3)[nH]c(=O)c12.Cl. The smallest absolute Gasteiger partial charge is 0.259 e. The van der Waals surface area contributed by atoms with Crippen LogP contribution in [-0.4, -0.2) is 34.3 Å². The number of fused-ring (bicyclic) bond motifs is 1. The number of rotatable bonds is 5. The standard InChI is InChI=1S/C20H28N4OS.CH4.ClH/c1-13-10-15(22-14-4-2-3-5-14)11-17-19(13)20(25)24-18(23-17)12-26-16-6-8-21-9-7-16;;/h10-11,14,16,21-22H,2-9,12H2,1H3,(H,23,24,25);1H4;1H. The maximum Gasteiger partial charge on any atom is 0.259 e. The average molecular weight is 425 g/mol. The van der Waals surface area contributed by atoms with E-state index in [0.717, 1.165) is 46.8 Å². The molecule has 0 unspecified atom stereocenters. The Morgan fingerprint density at radius 3 is 2.61 bits per heavy atom. The van der Waals surface area contributed by atoms with Crippen LogP contribution in [-0.2, 0) is 5.75 Å². The van der Waals surface area contributed by atoms with Crippen LogP contribution >= 0.6 is 24.2 Å². The highest BCUT2D eigenvalue weighted by molar-refractivity contribution is 7.99. The Hall–Kier alpha value is -1.24. The van der Waals surface area contributed by atoms with Crippen molar-refractivity contribution in [2.75, 3.05) is 18.4 Å². The Labute approximate surface area is 178 Å². The number of aromatic amines is 1. The van der Waals surface area contributed by atoms with Crippen LogP contribution in [0.2, 0.25) is 0 Å². The third kappa shape index (κ3) is 5.43. The number of hydrogen-bond donors (Lipinski definition) is 3. The van der Waals surface area contributed by atoms with E-state index < -0.39 is 0 Å². The summed E-state index contributed by atoms with van der Waals surface area (Å²) < 4.78 is 0. The van der Waals surface area contributed by atoms with Crippen LogP contribution in [0.4, 0.5) is 5.69 Å². The highest BCUT2D eigenvalue weighted by Crippen LogP contribution is 2.26. The Bertz CT molecular complexity index is 829. The molecule has 2 fully saturated rings. The van der Waals surface area contributed by atoms with Crippen LogP contribution in [0.3, 0.4) is 0 Å².